The number of nitrogens with one attached hydrogen (secondary N) is 1. The van der Waals surface area contributed by atoms with Crippen LogP contribution in [0, 0.1) is 19.3 Å². The predicted octanol–water partition coefficient (Wildman–Crippen LogP) is 3.24. The van der Waals surface area contributed by atoms with Gasteiger partial charge in [0, 0.05) is 12.5 Å². The molecule has 0 aromatic heterocycles. The molecule has 0 bridgehead atoms. The fourth-order valence-electron chi connectivity index (χ4n) is 2.20. The number of amides is 1. The molecule has 0 aliphatic carbocycles. The Morgan fingerprint density at radius 3 is 2.40 bits per heavy atom. The zero-order chi connectivity index (χ0) is 15.5. The average molecular weight is 276 g/mol. The first-order valence-electron chi connectivity index (χ1n) is 7.23. The number of carbonyl (C=O) groups excluding carboxylic acids is 1. The zero-order valence-corrected chi connectivity index (χ0v) is 13.6. The van der Waals surface area contributed by atoms with E-state index < -0.39 is 0 Å². The van der Waals surface area contributed by atoms with E-state index in [1.54, 1.807) is 0 Å². The summed E-state index contributed by atoms with van der Waals surface area (Å²) < 4.78 is 0. The molecule has 0 radical (unpaired) electrons. The summed E-state index contributed by atoms with van der Waals surface area (Å²) in [7, 11) is 0. The molecule has 0 saturated carbocycles. The summed E-state index contributed by atoms with van der Waals surface area (Å²) >= 11 is 0. The first-order valence-corrected chi connectivity index (χ1v) is 7.23. The molecule has 0 saturated heterocycles. The van der Waals surface area contributed by atoms with Crippen molar-refractivity contribution in [3.8, 4) is 0 Å². The lowest BCUT2D eigenvalue weighted by molar-refractivity contribution is -0.122. The van der Waals surface area contributed by atoms with Crippen molar-refractivity contribution in [3.05, 3.63) is 34.9 Å². The molecule has 0 aliphatic heterocycles. The Morgan fingerprint density at radius 1 is 1.30 bits per heavy atom. The summed E-state index contributed by atoms with van der Waals surface area (Å²) in [4.78, 5) is 12.1. The van der Waals surface area contributed by atoms with Crippen LogP contribution in [0.4, 0.5) is 0 Å². The van der Waals surface area contributed by atoms with Crippen molar-refractivity contribution < 1.29 is 4.79 Å². The SMILES string of the molecule is Cc1ccc(C(C)NC(=O)CC(N)C(C)(C)C)c(C)c1. The van der Waals surface area contributed by atoms with Crippen molar-refractivity contribution in [3.63, 3.8) is 0 Å². The second kappa shape index (κ2) is 6.40. The van der Waals surface area contributed by atoms with E-state index in [4.69, 9.17) is 5.73 Å². The van der Waals surface area contributed by atoms with Gasteiger partial charge in [0.05, 0.1) is 6.04 Å². The molecule has 112 valence electrons. The van der Waals surface area contributed by atoms with Crippen molar-refractivity contribution in [2.24, 2.45) is 11.1 Å². The maximum Gasteiger partial charge on any atom is 0.222 e. The number of benzene rings is 1. The minimum absolute atomic E-state index is 0.00951. The molecule has 1 aromatic carbocycles. The molecular weight excluding hydrogens is 248 g/mol. The number of hydrogen-bond acceptors (Lipinski definition) is 2. The summed E-state index contributed by atoms with van der Waals surface area (Å²) in [6.07, 6.45) is 0.360. The fourth-order valence-corrected chi connectivity index (χ4v) is 2.20. The minimum Gasteiger partial charge on any atom is -0.350 e. The average Bonchev–Trinajstić information content (AvgIpc) is 2.26. The Kier molecular flexibility index (Phi) is 5.35. The van der Waals surface area contributed by atoms with Gasteiger partial charge in [-0.1, -0.05) is 44.5 Å². The quantitative estimate of drug-likeness (QED) is 0.887. The Hall–Kier alpha value is -1.35. The van der Waals surface area contributed by atoms with Crippen LogP contribution in [0.5, 0.6) is 0 Å². The van der Waals surface area contributed by atoms with Crippen LogP contribution in [0.3, 0.4) is 0 Å². The maximum absolute atomic E-state index is 12.1. The monoisotopic (exact) mass is 276 g/mol. The molecule has 2 unspecified atom stereocenters. The van der Waals surface area contributed by atoms with E-state index in [2.05, 4.69) is 58.1 Å². The third-order valence-electron chi connectivity index (χ3n) is 3.79. The van der Waals surface area contributed by atoms with Crippen molar-refractivity contribution in [1.82, 2.24) is 5.32 Å². The Bertz CT molecular complexity index is 474. The molecule has 0 heterocycles. The largest absolute Gasteiger partial charge is 0.350 e. The third-order valence-corrected chi connectivity index (χ3v) is 3.79. The number of carbonyl (C=O) groups is 1. The molecule has 0 spiro atoms. The number of rotatable bonds is 4. The predicted molar refractivity (Wildman–Crippen MR) is 84.5 cm³/mol. The highest BCUT2D eigenvalue weighted by molar-refractivity contribution is 5.77. The second-order valence-electron chi connectivity index (χ2n) is 6.83. The standard InChI is InChI=1S/C17H28N2O/c1-11-7-8-14(12(2)9-11)13(3)19-16(20)10-15(18)17(4,5)6/h7-9,13,15H,10,18H2,1-6H3,(H,19,20). The van der Waals surface area contributed by atoms with Crippen LogP contribution in [-0.4, -0.2) is 11.9 Å². The van der Waals surface area contributed by atoms with Gasteiger partial charge >= 0.3 is 0 Å². The molecule has 1 amide bonds. The van der Waals surface area contributed by atoms with Gasteiger partial charge in [0.15, 0.2) is 0 Å². The van der Waals surface area contributed by atoms with Gasteiger partial charge in [-0.2, -0.15) is 0 Å². The molecule has 3 N–H and O–H groups in total. The van der Waals surface area contributed by atoms with E-state index in [1.165, 1.54) is 11.1 Å². The molecule has 2 atom stereocenters. The fraction of sp³-hybridized carbons (Fsp3) is 0.588. The van der Waals surface area contributed by atoms with Gasteiger partial charge in [-0.3, -0.25) is 4.79 Å². The van der Waals surface area contributed by atoms with Gasteiger partial charge in [0.25, 0.3) is 0 Å². The lowest BCUT2D eigenvalue weighted by Crippen LogP contribution is -2.40. The Morgan fingerprint density at radius 2 is 1.90 bits per heavy atom. The normalized spacial score (nSPS) is 14.8. The minimum atomic E-state index is -0.131. The maximum atomic E-state index is 12.1. The van der Waals surface area contributed by atoms with Crippen molar-refractivity contribution in [1.29, 1.82) is 0 Å². The van der Waals surface area contributed by atoms with Gasteiger partial charge in [0.2, 0.25) is 5.91 Å². The third kappa shape index (κ3) is 4.64. The van der Waals surface area contributed by atoms with Gasteiger partial charge < -0.3 is 11.1 Å². The van der Waals surface area contributed by atoms with Gasteiger partial charge in [-0.25, -0.2) is 0 Å². The van der Waals surface area contributed by atoms with Crippen molar-refractivity contribution >= 4 is 5.91 Å². The Labute approximate surface area is 122 Å². The first-order chi connectivity index (χ1) is 9.11. The summed E-state index contributed by atoms with van der Waals surface area (Å²) in [6.45, 7) is 12.3. The van der Waals surface area contributed by atoms with Crippen LogP contribution in [0.25, 0.3) is 0 Å². The molecule has 3 nitrogen and oxygen atoms in total. The summed E-state index contributed by atoms with van der Waals surface area (Å²) in [5.41, 5.74) is 9.60. The Balaban J connectivity index is 2.66. The number of aryl methyl sites for hydroxylation is 2. The molecular formula is C17H28N2O. The lowest BCUT2D eigenvalue weighted by atomic mass is 9.85. The molecule has 0 aliphatic rings. The smallest absolute Gasteiger partial charge is 0.222 e. The number of hydrogen-bond donors (Lipinski definition) is 2. The summed E-state index contributed by atoms with van der Waals surface area (Å²) in [6, 6.07) is 6.17. The molecule has 1 rings (SSSR count). The van der Waals surface area contributed by atoms with E-state index in [-0.39, 0.29) is 23.4 Å². The van der Waals surface area contributed by atoms with Crippen LogP contribution in [-0.2, 0) is 4.79 Å². The van der Waals surface area contributed by atoms with Crippen LogP contribution in [0.15, 0.2) is 18.2 Å². The highest BCUT2D eigenvalue weighted by Crippen LogP contribution is 2.21. The van der Waals surface area contributed by atoms with Crippen LogP contribution in [0.2, 0.25) is 0 Å². The summed E-state index contributed by atoms with van der Waals surface area (Å²) in [5, 5.41) is 3.04. The van der Waals surface area contributed by atoms with Crippen LogP contribution >= 0.6 is 0 Å². The van der Waals surface area contributed by atoms with Crippen LogP contribution < -0.4 is 11.1 Å². The van der Waals surface area contributed by atoms with E-state index >= 15 is 0 Å². The highest BCUT2D eigenvalue weighted by Gasteiger charge is 2.24. The highest BCUT2D eigenvalue weighted by atomic mass is 16.1. The molecule has 3 heteroatoms. The molecule has 1 aromatic rings. The molecule has 20 heavy (non-hydrogen) atoms. The van der Waals surface area contributed by atoms with Gasteiger partial charge in [-0.05, 0) is 37.3 Å². The topological polar surface area (TPSA) is 55.1 Å². The zero-order valence-electron chi connectivity index (χ0n) is 13.6. The second-order valence-corrected chi connectivity index (χ2v) is 6.83. The van der Waals surface area contributed by atoms with E-state index in [9.17, 15) is 4.79 Å². The molecule has 0 fully saturated rings. The van der Waals surface area contributed by atoms with Gasteiger partial charge in [0.1, 0.15) is 0 Å². The van der Waals surface area contributed by atoms with E-state index in [0.29, 0.717) is 6.42 Å². The van der Waals surface area contributed by atoms with E-state index in [1.807, 2.05) is 6.92 Å². The van der Waals surface area contributed by atoms with Crippen LogP contribution in [0.1, 0.15) is 56.8 Å². The van der Waals surface area contributed by atoms with E-state index in [0.717, 1.165) is 5.56 Å². The number of nitrogens with two attached hydrogens (primary N) is 1. The van der Waals surface area contributed by atoms with Crippen molar-refractivity contribution in [2.75, 3.05) is 0 Å². The van der Waals surface area contributed by atoms with Crippen molar-refractivity contribution in [2.45, 2.75) is 60.0 Å². The lowest BCUT2D eigenvalue weighted by Gasteiger charge is -2.27. The van der Waals surface area contributed by atoms with Gasteiger partial charge in [-0.15, -0.1) is 0 Å². The first kappa shape index (κ1) is 16.7. The summed E-state index contributed by atoms with van der Waals surface area (Å²) in [5.74, 6) is 0.0138.